The van der Waals surface area contributed by atoms with E-state index in [4.69, 9.17) is 0 Å². The Balaban J connectivity index is 0. The fraction of sp³-hybridized carbons (Fsp3) is 1.00. The van der Waals surface area contributed by atoms with Crippen molar-refractivity contribution in [2.24, 2.45) is 0 Å². The van der Waals surface area contributed by atoms with Gasteiger partial charge in [0.25, 0.3) is 0 Å². The van der Waals surface area contributed by atoms with Gasteiger partial charge in [-0.1, -0.05) is 39.5 Å². The van der Waals surface area contributed by atoms with Gasteiger partial charge in [-0.05, 0) is 14.8 Å². The van der Waals surface area contributed by atoms with Crippen molar-refractivity contribution in [1.82, 2.24) is 0 Å². The monoisotopic (exact) mass is 266 g/mol. The smallest absolute Gasteiger partial charge is 0.160 e. The Hall–Kier alpha value is 0.620. The van der Waals surface area contributed by atoms with Crippen LogP contribution in [0.15, 0.2) is 0 Å². The van der Waals surface area contributed by atoms with E-state index < -0.39 is 5.51 Å². The molecule has 0 saturated heterocycles. The van der Waals surface area contributed by atoms with Crippen LogP contribution in [0, 0.1) is 0 Å². The lowest BCUT2D eigenvalue weighted by Gasteiger charge is -1.93. The molecule has 0 rings (SSSR count). The molecule has 0 aliphatic carbocycles. The van der Waals surface area contributed by atoms with Crippen LogP contribution in [0.5, 0.6) is 0 Å². The maximum Gasteiger partial charge on any atom is 0.452 e. The second-order valence-electron chi connectivity index (χ2n) is 2.23. The van der Waals surface area contributed by atoms with Gasteiger partial charge >= 0.3 is 5.51 Å². The summed E-state index contributed by atoms with van der Waals surface area (Å²) in [5.41, 5.74) is -4.12. The quantitative estimate of drug-likeness (QED) is 0.638. The molecule has 0 bridgehead atoms. The molecule has 0 aromatic heterocycles. The number of rotatable bonds is 3. The molecular formula is C7H14BrF3S. The largest absolute Gasteiger partial charge is 0.452 e. The van der Waals surface area contributed by atoms with Gasteiger partial charge in [-0.15, -0.1) is 0 Å². The molecule has 0 aromatic carbocycles. The minimum absolute atomic E-state index is 0.306. The summed E-state index contributed by atoms with van der Waals surface area (Å²) in [6.45, 7) is 4.46. The molecule has 0 aliphatic heterocycles. The van der Waals surface area contributed by atoms with Crippen LogP contribution in [0.2, 0.25) is 0 Å². The topological polar surface area (TPSA) is 0 Å². The highest BCUT2D eigenvalue weighted by Gasteiger charge is 2.26. The summed E-state index contributed by atoms with van der Waals surface area (Å²) in [6.07, 6.45) is 5.54. The number of halogens is 4. The number of hydrogen-bond donors (Lipinski definition) is 0. The van der Waals surface area contributed by atoms with E-state index in [0.717, 1.165) is 0 Å². The van der Waals surface area contributed by atoms with E-state index in [1.165, 1.54) is 25.7 Å². The van der Waals surface area contributed by atoms with Crippen LogP contribution in [-0.4, -0.2) is 5.51 Å². The molecule has 0 nitrogen and oxygen atoms in total. The molecule has 5 heteroatoms. The van der Waals surface area contributed by atoms with E-state index in [-0.39, 0.29) is 10.2 Å². The first kappa shape index (κ1) is 15.1. The zero-order chi connectivity index (χ0) is 10.0. The van der Waals surface area contributed by atoms with Crippen LogP contribution in [0.25, 0.3) is 0 Å². The molecule has 0 atom stereocenters. The van der Waals surface area contributed by atoms with E-state index in [0.29, 0.717) is 0 Å². The average Bonchev–Trinajstić information content (AvgIpc) is 2.01. The molecule has 0 heterocycles. The van der Waals surface area contributed by atoms with Crippen molar-refractivity contribution in [2.75, 3.05) is 0 Å². The zero-order valence-corrected chi connectivity index (χ0v) is 9.65. The van der Waals surface area contributed by atoms with E-state index in [9.17, 15) is 13.2 Å². The van der Waals surface area contributed by atoms with Crippen molar-refractivity contribution < 1.29 is 13.2 Å². The Morgan fingerprint density at radius 1 is 1.08 bits per heavy atom. The van der Waals surface area contributed by atoms with Gasteiger partial charge in [-0.2, -0.15) is 13.2 Å². The van der Waals surface area contributed by atoms with Crippen molar-refractivity contribution in [3.63, 3.8) is 0 Å². The van der Waals surface area contributed by atoms with Crippen LogP contribution < -0.4 is 0 Å². The lowest BCUT2D eigenvalue weighted by molar-refractivity contribution is -0.0309. The zero-order valence-electron chi connectivity index (χ0n) is 7.25. The highest BCUT2D eigenvalue weighted by molar-refractivity contribution is 9.50. The van der Waals surface area contributed by atoms with E-state index in [1.807, 2.05) is 0 Å². The average molecular weight is 267 g/mol. The number of hydrogen-bond acceptors (Lipinski definition) is 1. The summed E-state index contributed by atoms with van der Waals surface area (Å²) >= 11 is 2.16. The van der Waals surface area contributed by atoms with Gasteiger partial charge in [-0.25, -0.2) is 0 Å². The molecule has 0 aromatic rings. The summed E-state index contributed by atoms with van der Waals surface area (Å²) in [5, 5.41) is 0. The molecule has 0 unspecified atom stereocenters. The Labute approximate surface area is 83.5 Å². The summed E-state index contributed by atoms with van der Waals surface area (Å²) in [7, 11) is -0.306. The predicted molar refractivity (Wildman–Crippen MR) is 52.4 cm³/mol. The Kier molecular flexibility index (Phi) is 12.2. The molecule has 0 spiro atoms. The van der Waals surface area contributed by atoms with Gasteiger partial charge < -0.3 is 0 Å². The summed E-state index contributed by atoms with van der Waals surface area (Å²) in [6, 6.07) is 0. The predicted octanol–water partition coefficient (Wildman–Crippen LogP) is 5.14. The molecule has 0 fully saturated rings. The minimum atomic E-state index is -4.12. The highest BCUT2D eigenvalue weighted by Crippen LogP contribution is 2.34. The molecule has 0 amide bonds. The fourth-order valence-corrected chi connectivity index (χ4v) is 0.500. The van der Waals surface area contributed by atoms with Gasteiger partial charge in [0.1, 0.15) is 0 Å². The van der Waals surface area contributed by atoms with Gasteiger partial charge in [0, 0.05) is 10.2 Å². The van der Waals surface area contributed by atoms with E-state index in [1.54, 1.807) is 0 Å². The van der Waals surface area contributed by atoms with Crippen molar-refractivity contribution in [3.05, 3.63) is 0 Å². The fourth-order valence-electron chi connectivity index (χ4n) is 0.500. The first-order valence-electron chi connectivity index (χ1n) is 3.84. The standard InChI is InChI=1S/C6H14.CBrF3S/c1-3-5-6-4-2;2-6-1(3,4)5/h3-6H2,1-2H3;. The molecular weight excluding hydrogens is 253 g/mol. The van der Waals surface area contributed by atoms with E-state index in [2.05, 4.69) is 28.7 Å². The first-order chi connectivity index (χ1) is 5.47. The highest BCUT2D eigenvalue weighted by atomic mass is 79.9. The van der Waals surface area contributed by atoms with Crippen LogP contribution in [-0.2, 0) is 0 Å². The maximum atomic E-state index is 10.7. The van der Waals surface area contributed by atoms with Crippen LogP contribution in [0.4, 0.5) is 13.2 Å². The molecule has 0 N–H and O–H groups in total. The molecule has 0 aliphatic rings. The Morgan fingerprint density at radius 2 is 1.33 bits per heavy atom. The van der Waals surface area contributed by atoms with Crippen LogP contribution in [0.3, 0.4) is 0 Å². The van der Waals surface area contributed by atoms with Crippen molar-refractivity contribution in [2.45, 2.75) is 45.0 Å². The van der Waals surface area contributed by atoms with Gasteiger partial charge in [0.2, 0.25) is 0 Å². The van der Waals surface area contributed by atoms with Gasteiger partial charge in [0.15, 0.2) is 0 Å². The summed E-state index contributed by atoms with van der Waals surface area (Å²) in [5.74, 6) is 0. The van der Waals surface area contributed by atoms with Crippen molar-refractivity contribution >= 4 is 25.0 Å². The molecule has 76 valence electrons. The normalized spacial score (nSPS) is 10.5. The maximum absolute atomic E-state index is 10.7. The lowest BCUT2D eigenvalue weighted by atomic mass is 10.2. The molecule has 12 heavy (non-hydrogen) atoms. The second-order valence-corrected chi connectivity index (χ2v) is 3.82. The van der Waals surface area contributed by atoms with Crippen molar-refractivity contribution in [1.29, 1.82) is 0 Å². The van der Waals surface area contributed by atoms with Crippen molar-refractivity contribution in [3.8, 4) is 0 Å². The first-order valence-corrected chi connectivity index (χ1v) is 6.50. The number of alkyl halides is 3. The second kappa shape index (κ2) is 9.71. The third-order valence-corrected chi connectivity index (χ3v) is 2.32. The lowest BCUT2D eigenvalue weighted by Crippen LogP contribution is -1.93. The van der Waals surface area contributed by atoms with Crippen LogP contribution >= 0.6 is 25.0 Å². The summed E-state index contributed by atoms with van der Waals surface area (Å²) in [4.78, 5) is 0. The number of unbranched alkanes of at least 4 members (excludes halogenated alkanes) is 3. The van der Waals surface area contributed by atoms with Gasteiger partial charge in [0.05, 0.1) is 0 Å². The molecule has 0 radical (unpaired) electrons. The minimum Gasteiger partial charge on any atom is -0.160 e. The van der Waals surface area contributed by atoms with Gasteiger partial charge in [-0.3, -0.25) is 0 Å². The Morgan fingerprint density at radius 3 is 1.42 bits per heavy atom. The van der Waals surface area contributed by atoms with E-state index >= 15 is 0 Å². The summed E-state index contributed by atoms with van der Waals surface area (Å²) < 4.78 is 32.1. The molecule has 0 saturated carbocycles. The SMILES string of the molecule is CCCCCC.FC(F)(F)SBr. The Bertz CT molecular complexity index is 81.2. The van der Waals surface area contributed by atoms with Crippen LogP contribution in [0.1, 0.15) is 39.5 Å². The third-order valence-electron chi connectivity index (χ3n) is 1.04. The third kappa shape index (κ3) is 22.4.